The molecule has 4 aromatic rings. The highest BCUT2D eigenvalue weighted by atomic mass is 16.5. The number of hydrogen-bond donors (Lipinski definition) is 0. The Kier molecular flexibility index (Phi) is 7.70. The molecule has 184 valence electrons. The van der Waals surface area contributed by atoms with Gasteiger partial charge in [-0.2, -0.15) is 0 Å². The summed E-state index contributed by atoms with van der Waals surface area (Å²) in [5, 5.41) is 0.780. The molecule has 0 spiro atoms. The van der Waals surface area contributed by atoms with Crippen LogP contribution in [0.1, 0.15) is 39.2 Å². The van der Waals surface area contributed by atoms with Crippen LogP contribution < -0.4 is 15.0 Å². The molecule has 0 atom stereocenters. The molecule has 4 rings (SSSR count). The molecule has 0 fully saturated rings. The number of para-hydroxylation sites is 1. The van der Waals surface area contributed by atoms with E-state index in [2.05, 4.69) is 11.9 Å². The first-order valence-corrected chi connectivity index (χ1v) is 12.1. The Balaban J connectivity index is 1.55. The fourth-order valence-electron chi connectivity index (χ4n) is 4.01. The standard InChI is InChI=1S/C27H31N3O5/c1-4-13-29(16-19-11-12-22(34-14-5-2)23(15-19)33-6-3)24(31)17-30-18-28-25-20-9-7-8-10-21(20)35-26(25)27(30)32/h7-12,15,18H,4-6,13-14,16-17H2,1-3H3. The van der Waals surface area contributed by atoms with E-state index in [1.165, 1.54) is 10.9 Å². The molecule has 0 aliphatic carbocycles. The van der Waals surface area contributed by atoms with Crippen molar-refractivity contribution in [2.24, 2.45) is 0 Å². The maximum Gasteiger partial charge on any atom is 0.297 e. The Bertz CT molecular complexity index is 1370. The molecule has 35 heavy (non-hydrogen) atoms. The molecule has 0 aliphatic rings. The van der Waals surface area contributed by atoms with E-state index in [0.29, 0.717) is 48.9 Å². The van der Waals surface area contributed by atoms with E-state index in [9.17, 15) is 9.59 Å². The largest absolute Gasteiger partial charge is 0.490 e. The number of amides is 1. The van der Waals surface area contributed by atoms with E-state index in [0.717, 1.165) is 23.8 Å². The number of ether oxygens (including phenoxy) is 2. The summed E-state index contributed by atoms with van der Waals surface area (Å²) in [4.78, 5) is 32.4. The van der Waals surface area contributed by atoms with Crippen LogP contribution in [0.3, 0.4) is 0 Å². The van der Waals surface area contributed by atoms with Crippen molar-refractivity contribution >= 4 is 28.0 Å². The smallest absolute Gasteiger partial charge is 0.297 e. The highest BCUT2D eigenvalue weighted by Crippen LogP contribution is 2.29. The second-order valence-electron chi connectivity index (χ2n) is 8.33. The molecule has 0 unspecified atom stereocenters. The quantitative estimate of drug-likeness (QED) is 0.309. The Hall–Kier alpha value is -3.81. The highest BCUT2D eigenvalue weighted by Gasteiger charge is 2.19. The molecule has 0 radical (unpaired) electrons. The van der Waals surface area contributed by atoms with Gasteiger partial charge in [-0.1, -0.05) is 32.0 Å². The predicted molar refractivity (Wildman–Crippen MR) is 135 cm³/mol. The van der Waals surface area contributed by atoms with Gasteiger partial charge in [0.2, 0.25) is 11.5 Å². The summed E-state index contributed by atoms with van der Waals surface area (Å²) in [5.74, 6) is 1.19. The summed E-state index contributed by atoms with van der Waals surface area (Å²) >= 11 is 0. The van der Waals surface area contributed by atoms with Crippen molar-refractivity contribution in [3.05, 3.63) is 64.7 Å². The fraction of sp³-hybridized carbons (Fsp3) is 0.370. The minimum Gasteiger partial charge on any atom is -0.490 e. The van der Waals surface area contributed by atoms with Gasteiger partial charge in [-0.15, -0.1) is 0 Å². The van der Waals surface area contributed by atoms with E-state index in [4.69, 9.17) is 13.9 Å². The zero-order chi connectivity index (χ0) is 24.8. The van der Waals surface area contributed by atoms with Crippen molar-refractivity contribution in [2.45, 2.75) is 46.7 Å². The minimum atomic E-state index is -0.368. The number of benzene rings is 2. The van der Waals surface area contributed by atoms with Gasteiger partial charge >= 0.3 is 0 Å². The molecule has 0 N–H and O–H groups in total. The second kappa shape index (κ2) is 11.1. The topological polar surface area (TPSA) is 86.8 Å². The van der Waals surface area contributed by atoms with Crippen LogP contribution >= 0.6 is 0 Å². The Morgan fingerprint density at radius 1 is 1.06 bits per heavy atom. The van der Waals surface area contributed by atoms with Gasteiger partial charge in [-0.3, -0.25) is 14.2 Å². The molecule has 8 nitrogen and oxygen atoms in total. The zero-order valence-electron chi connectivity index (χ0n) is 20.5. The first kappa shape index (κ1) is 24.3. The van der Waals surface area contributed by atoms with Crippen LogP contribution in [0.25, 0.3) is 22.1 Å². The van der Waals surface area contributed by atoms with E-state index in [1.54, 1.807) is 11.0 Å². The summed E-state index contributed by atoms with van der Waals surface area (Å²) < 4.78 is 18.6. The number of carbonyl (C=O) groups is 1. The normalized spacial score (nSPS) is 11.2. The molecular weight excluding hydrogens is 446 g/mol. The molecule has 2 aromatic carbocycles. The third kappa shape index (κ3) is 5.31. The molecular formula is C27H31N3O5. The number of rotatable bonds is 11. The van der Waals surface area contributed by atoms with Gasteiger partial charge in [-0.25, -0.2) is 4.98 Å². The third-order valence-corrected chi connectivity index (χ3v) is 5.65. The lowest BCUT2D eigenvalue weighted by Gasteiger charge is -2.23. The van der Waals surface area contributed by atoms with Crippen LogP contribution in [0.2, 0.25) is 0 Å². The highest BCUT2D eigenvalue weighted by molar-refractivity contribution is 6.01. The number of furan rings is 1. The minimum absolute atomic E-state index is 0.116. The molecule has 2 heterocycles. The molecule has 2 aromatic heterocycles. The Morgan fingerprint density at radius 3 is 2.66 bits per heavy atom. The summed E-state index contributed by atoms with van der Waals surface area (Å²) in [6.45, 7) is 7.96. The van der Waals surface area contributed by atoms with Crippen LogP contribution in [0.5, 0.6) is 11.5 Å². The molecule has 8 heteroatoms. The lowest BCUT2D eigenvalue weighted by Crippen LogP contribution is -2.36. The lowest BCUT2D eigenvalue weighted by atomic mass is 10.1. The summed E-state index contributed by atoms with van der Waals surface area (Å²) in [5.41, 5.74) is 1.82. The zero-order valence-corrected chi connectivity index (χ0v) is 20.5. The molecule has 0 saturated heterocycles. The summed E-state index contributed by atoms with van der Waals surface area (Å²) in [7, 11) is 0. The maximum atomic E-state index is 13.2. The van der Waals surface area contributed by atoms with Crippen molar-refractivity contribution in [3.63, 3.8) is 0 Å². The second-order valence-corrected chi connectivity index (χ2v) is 8.33. The van der Waals surface area contributed by atoms with Crippen molar-refractivity contribution in [1.82, 2.24) is 14.5 Å². The van der Waals surface area contributed by atoms with Crippen LogP contribution in [-0.2, 0) is 17.9 Å². The predicted octanol–water partition coefficient (Wildman–Crippen LogP) is 4.77. The van der Waals surface area contributed by atoms with E-state index in [-0.39, 0.29) is 23.6 Å². The lowest BCUT2D eigenvalue weighted by molar-refractivity contribution is -0.132. The average Bonchev–Trinajstić information content (AvgIpc) is 3.25. The van der Waals surface area contributed by atoms with Gasteiger partial charge in [0, 0.05) is 18.5 Å². The monoisotopic (exact) mass is 477 g/mol. The fourth-order valence-corrected chi connectivity index (χ4v) is 4.01. The van der Waals surface area contributed by atoms with Crippen LogP contribution in [0.15, 0.2) is 58.0 Å². The first-order valence-electron chi connectivity index (χ1n) is 12.1. The number of fused-ring (bicyclic) bond motifs is 3. The molecule has 0 saturated carbocycles. The maximum absolute atomic E-state index is 13.2. The third-order valence-electron chi connectivity index (χ3n) is 5.65. The number of carbonyl (C=O) groups excluding carboxylic acids is 1. The van der Waals surface area contributed by atoms with E-state index in [1.807, 2.05) is 50.2 Å². The Morgan fingerprint density at radius 2 is 1.89 bits per heavy atom. The van der Waals surface area contributed by atoms with Gasteiger partial charge in [0.05, 0.1) is 19.5 Å². The van der Waals surface area contributed by atoms with Crippen molar-refractivity contribution in [3.8, 4) is 11.5 Å². The van der Waals surface area contributed by atoms with E-state index >= 15 is 0 Å². The summed E-state index contributed by atoms with van der Waals surface area (Å²) in [6.07, 6.45) is 3.11. The SMILES string of the molecule is CCCOc1ccc(CN(CCC)C(=O)Cn2cnc3c(oc4ccccc43)c2=O)cc1OCC. The molecule has 0 aliphatic heterocycles. The summed E-state index contributed by atoms with van der Waals surface area (Å²) in [6, 6.07) is 13.1. The number of hydrogen-bond acceptors (Lipinski definition) is 6. The van der Waals surface area contributed by atoms with E-state index < -0.39 is 0 Å². The molecule has 0 bridgehead atoms. The average molecular weight is 478 g/mol. The van der Waals surface area contributed by atoms with Gasteiger partial charge in [-0.05, 0) is 49.6 Å². The van der Waals surface area contributed by atoms with Crippen LogP contribution in [0, 0.1) is 0 Å². The van der Waals surface area contributed by atoms with Gasteiger partial charge < -0.3 is 18.8 Å². The van der Waals surface area contributed by atoms with Gasteiger partial charge in [0.15, 0.2) is 11.5 Å². The number of aromatic nitrogens is 2. The van der Waals surface area contributed by atoms with Crippen molar-refractivity contribution < 1.29 is 18.7 Å². The molecule has 1 amide bonds. The van der Waals surface area contributed by atoms with Gasteiger partial charge in [0.25, 0.3) is 5.56 Å². The van der Waals surface area contributed by atoms with Crippen molar-refractivity contribution in [2.75, 3.05) is 19.8 Å². The first-order chi connectivity index (χ1) is 17.0. The van der Waals surface area contributed by atoms with Gasteiger partial charge in [0.1, 0.15) is 17.6 Å². The Labute approximate surface area is 204 Å². The van der Waals surface area contributed by atoms with Crippen LogP contribution in [-0.4, -0.2) is 40.1 Å². The van der Waals surface area contributed by atoms with Crippen molar-refractivity contribution in [1.29, 1.82) is 0 Å². The number of nitrogens with zero attached hydrogens (tertiary/aromatic N) is 3. The van der Waals surface area contributed by atoms with Crippen LogP contribution in [0.4, 0.5) is 0 Å².